The number of anilines is 1. The van der Waals surface area contributed by atoms with Gasteiger partial charge in [0.15, 0.2) is 0 Å². The Morgan fingerprint density at radius 3 is 2.71 bits per heavy atom. The van der Waals surface area contributed by atoms with Gasteiger partial charge in [-0.1, -0.05) is 0 Å². The van der Waals surface area contributed by atoms with Gasteiger partial charge in [-0.3, -0.25) is 20.3 Å². The fourth-order valence-electron chi connectivity index (χ4n) is 2.52. The van der Waals surface area contributed by atoms with Crippen LogP contribution in [0.25, 0.3) is 11.5 Å². The van der Waals surface area contributed by atoms with Gasteiger partial charge in [-0.05, 0) is 36.4 Å². The first-order valence-corrected chi connectivity index (χ1v) is 7.71. The van der Waals surface area contributed by atoms with Crippen molar-refractivity contribution < 1.29 is 76.5 Å². The molecule has 1 aliphatic rings. The second kappa shape index (κ2) is 8.47. The van der Waals surface area contributed by atoms with E-state index in [0.29, 0.717) is 16.3 Å². The Hall–Kier alpha value is -2.15. The Labute approximate surface area is 201 Å². The van der Waals surface area contributed by atoms with Crippen molar-refractivity contribution in [3.8, 4) is 23.0 Å². The van der Waals surface area contributed by atoms with E-state index in [1.807, 2.05) is 0 Å². The molecule has 11 heteroatoms. The molecule has 0 spiro atoms. The molecule has 1 N–H and O–H groups in total. The summed E-state index contributed by atoms with van der Waals surface area (Å²) in [5.41, 5.74) is 0.422. The van der Waals surface area contributed by atoms with Gasteiger partial charge in [0.25, 0.3) is 5.88 Å². The van der Waals surface area contributed by atoms with Crippen molar-refractivity contribution in [2.45, 2.75) is 6.54 Å². The number of nitro groups is 1. The van der Waals surface area contributed by atoms with E-state index in [-0.39, 0.29) is 88.3 Å². The van der Waals surface area contributed by atoms with E-state index in [1.54, 1.807) is 0 Å². The number of rotatable bonds is 4. The first kappa shape index (κ1) is 20.6. The number of fused-ring (bicyclic) bond motifs is 1. The summed E-state index contributed by atoms with van der Waals surface area (Å²) in [5, 5.41) is 21.8. The van der Waals surface area contributed by atoms with E-state index in [2.05, 4.69) is 9.98 Å². The van der Waals surface area contributed by atoms with E-state index in [1.165, 1.54) is 48.8 Å². The summed E-state index contributed by atoms with van der Waals surface area (Å²) in [6.45, 7) is 0.226. The van der Waals surface area contributed by atoms with Crippen LogP contribution < -0.4 is 61.2 Å². The Balaban J connectivity index is 0.00000150. The quantitative estimate of drug-likeness (QED) is 0.388. The standard InChI is InChI=1S/C17H11FN4O5.K.H/c18-11-2-4-12(5-3-11)26-15-6-1-10(7-14(15)22(24)25)16-20-13-8-19-9-21(23)17(13)27-16;;/h1-7,9,23H,8H2;;/q;+1;-1. The van der Waals surface area contributed by atoms with Crippen LogP contribution in [0.3, 0.4) is 0 Å². The topological polar surface area (TPSA) is 114 Å². The minimum absolute atomic E-state index is 0. The summed E-state index contributed by atoms with van der Waals surface area (Å²) in [7, 11) is 0. The van der Waals surface area contributed by atoms with E-state index >= 15 is 0 Å². The van der Waals surface area contributed by atoms with E-state index < -0.39 is 10.7 Å². The van der Waals surface area contributed by atoms with Crippen LogP contribution in [0.5, 0.6) is 11.5 Å². The van der Waals surface area contributed by atoms with Gasteiger partial charge in [-0.15, -0.1) is 0 Å². The monoisotopic (exact) mass is 410 g/mol. The molecule has 1 aromatic heterocycles. The normalized spacial score (nSPS) is 12.3. The zero-order valence-electron chi connectivity index (χ0n) is 15.6. The van der Waals surface area contributed by atoms with Crippen LogP contribution in [0.15, 0.2) is 51.9 Å². The minimum atomic E-state index is -0.605. The molecule has 0 atom stereocenters. The molecule has 0 saturated carbocycles. The third-order valence-corrected chi connectivity index (χ3v) is 3.76. The summed E-state index contributed by atoms with van der Waals surface area (Å²) < 4.78 is 24.0. The molecule has 0 saturated heterocycles. The summed E-state index contributed by atoms with van der Waals surface area (Å²) in [6, 6.07) is 9.29. The third kappa shape index (κ3) is 4.14. The fraction of sp³-hybridized carbons (Fsp3) is 0.0588. The Bertz CT molecular complexity index is 1060. The van der Waals surface area contributed by atoms with Crippen molar-refractivity contribution in [3.05, 3.63) is 64.1 Å². The van der Waals surface area contributed by atoms with E-state index in [9.17, 15) is 19.7 Å². The van der Waals surface area contributed by atoms with Gasteiger partial charge in [0.05, 0.1) is 11.5 Å². The number of aliphatic imine (C=N–C) groups is 1. The van der Waals surface area contributed by atoms with Crippen molar-refractivity contribution in [2.24, 2.45) is 4.99 Å². The molecule has 2 heterocycles. The molecule has 1 aliphatic heterocycles. The second-order valence-corrected chi connectivity index (χ2v) is 5.57. The summed E-state index contributed by atoms with van der Waals surface area (Å²) >= 11 is 0. The van der Waals surface area contributed by atoms with Crippen molar-refractivity contribution in [1.29, 1.82) is 0 Å². The van der Waals surface area contributed by atoms with Gasteiger partial charge in [-0.2, -0.15) is 5.06 Å². The van der Waals surface area contributed by atoms with Crippen LogP contribution in [-0.4, -0.2) is 21.5 Å². The first-order valence-electron chi connectivity index (χ1n) is 7.71. The zero-order chi connectivity index (χ0) is 19.0. The molecule has 0 amide bonds. The predicted molar refractivity (Wildman–Crippen MR) is 92.6 cm³/mol. The number of nitro benzene ring substituents is 1. The minimum Gasteiger partial charge on any atom is -1.00 e. The van der Waals surface area contributed by atoms with E-state index in [4.69, 9.17) is 9.15 Å². The average Bonchev–Trinajstić information content (AvgIpc) is 3.09. The molecule has 9 nitrogen and oxygen atoms in total. The number of oxazole rings is 1. The molecule has 2 aromatic carbocycles. The molecule has 0 bridgehead atoms. The fourth-order valence-corrected chi connectivity index (χ4v) is 2.52. The SMILES string of the molecule is O=[N+]([O-])c1cc(-c2nc3c(o2)N(O)C=NC3)ccc1Oc1ccc(F)cc1.[H-].[K+]. The molecule has 4 rings (SSSR count). The van der Waals surface area contributed by atoms with Crippen molar-refractivity contribution in [1.82, 2.24) is 4.98 Å². The molecule has 28 heavy (non-hydrogen) atoms. The maximum Gasteiger partial charge on any atom is 1.00 e. The average molecular weight is 410 g/mol. The zero-order valence-corrected chi connectivity index (χ0v) is 17.7. The van der Waals surface area contributed by atoms with Gasteiger partial charge >= 0.3 is 57.1 Å². The maximum absolute atomic E-state index is 13.0. The van der Waals surface area contributed by atoms with Gasteiger partial charge < -0.3 is 10.6 Å². The predicted octanol–water partition coefficient (Wildman–Crippen LogP) is 1.04. The van der Waals surface area contributed by atoms with Crippen LogP contribution in [0, 0.1) is 15.9 Å². The molecule has 0 unspecified atom stereocenters. The molecule has 3 aromatic rings. The molecule has 138 valence electrons. The number of aromatic nitrogens is 1. The van der Waals surface area contributed by atoms with Crippen LogP contribution in [0.4, 0.5) is 16.0 Å². The third-order valence-electron chi connectivity index (χ3n) is 3.76. The summed E-state index contributed by atoms with van der Waals surface area (Å²) in [4.78, 5) is 18.9. The first-order chi connectivity index (χ1) is 13.0. The number of ether oxygens (including phenoxy) is 1. The molecule has 0 aliphatic carbocycles. The maximum atomic E-state index is 13.0. The van der Waals surface area contributed by atoms with Gasteiger partial charge in [0.2, 0.25) is 11.6 Å². The number of hydroxylamine groups is 1. The number of halogens is 1. The Morgan fingerprint density at radius 2 is 2.04 bits per heavy atom. The smallest absolute Gasteiger partial charge is 1.00 e. The number of benzene rings is 2. The summed E-state index contributed by atoms with van der Waals surface area (Å²) in [5.74, 6) is 0.00273. The van der Waals surface area contributed by atoms with Crippen LogP contribution in [0.2, 0.25) is 0 Å². The number of nitrogens with zero attached hydrogens (tertiary/aromatic N) is 4. The van der Waals surface area contributed by atoms with Gasteiger partial charge in [-0.25, -0.2) is 9.37 Å². The molecule has 0 fully saturated rings. The Kier molecular flexibility index (Phi) is 6.22. The molecular weight excluding hydrogens is 398 g/mol. The molecular formula is C17H12FKN4O5. The van der Waals surface area contributed by atoms with Crippen molar-refractivity contribution in [3.63, 3.8) is 0 Å². The number of hydrogen-bond acceptors (Lipinski definition) is 8. The molecule has 0 radical (unpaired) electrons. The van der Waals surface area contributed by atoms with Gasteiger partial charge in [0, 0.05) is 11.6 Å². The summed E-state index contributed by atoms with van der Waals surface area (Å²) in [6.07, 6.45) is 1.18. The van der Waals surface area contributed by atoms with Crippen LogP contribution in [0.1, 0.15) is 7.12 Å². The van der Waals surface area contributed by atoms with E-state index in [0.717, 1.165) is 0 Å². The van der Waals surface area contributed by atoms with Crippen LogP contribution >= 0.6 is 0 Å². The van der Waals surface area contributed by atoms with Gasteiger partial charge in [0.1, 0.15) is 23.6 Å². The van der Waals surface area contributed by atoms with Crippen molar-refractivity contribution >= 4 is 17.9 Å². The number of hydrogen-bond donors (Lipinski definition) is 1. The van der Waals surface area contributed by atoms with Crippen LogP contribution in [-0.2, 0) is 6.54 Å². The largest absolute Gasteiger partial charge is 1.00 e. The van der Waals surface area contributed by atoms with Crippen molar-refractivity contribution in [2.75, 3.05) is 5.06 Å². The Morgan fingerprint density at radius 1 is 1.29 bits per heavy atom. The second-order valence-electron chi connectivity index (χ2n) is 5.57.